The van der Waals surface area contributed by atoms with E-state index in [-0.39, 0.29) is 47.6 Å². The lowest BCUT2D eigenvalue weighted by atomic mass is 10.1. The molecule has 2 N–H and O–H groups in total. The van der Waals surface area contributed by atoms with Gasteiger partial charge in [0.25, 0.3) is 0 Å². The molecule has 1 aliphatic heterocycles. The minimum Gasteiger partial charge on any atom is -0.469 e. The molecule has 1 aromatic heterocycles. The van der Waals surface area contributed by atoms with Gasteiger partial charge < -0.3 is 15.1 Å². The van der Waals surface area contributed by atoms with Crippen LogP contribution >= 0.6 is 24.0 Å². The van der Waals surface area contributed by atoms with E-state index in [1.807, 2.05) is 30.3 Å². The molecule has 1 saturated heterocycles. The largest absolute Gasteiger partial charge is 0.469 e. The maximum absolute atomic E-state index is 11.7. The SMILES string of the molecule is CC(NC(=NCCc1ccco1)NC1CCS(=O)(=O)C1)c1ccccc1.I. The minimum absolute atomic E-state index is 0. The molecule has 8 heteroatoms. The summed E-state index contributed by atoms with van der Waals surface area (Å²) in [6.07, 6.45) is 2.96. The van der Waals surface area contributed by atoms with Gasteiger partial charge in [-0.1, -0.05) is 30.3 Å². The van der Waals surface area contributed by atoms with Crippen molar-refractivity contribution in [2.24, 2.45) is 4.99 Å². The Labute approximate surface area is 177 Å². The molecule has 0 spiro atoms. The number of nitrogens with zero attached hydrogens (tertiary/aromatic N) is 1. The van der Waals surface area contributed by atoms with Crippen molar-refractivity contribution in [1.82, 2.24) is 10.6 Å². The van der Waals surface area contributed by atoms with Gasteiger partial charge in [-0.25, -0.2) is 8.42 Å². The lowest BCUT2D eigenvalue weighted by Crippen LogP contribution is -2.45. The molecule has 0 amide bonds. The minimum atomic E-state index is -2.94. The van der Waals surface area contributed by atoms with Gasteiger partial charge in [-0.3, -0.25) is 4.99 Å². The number of rotatable bonds is 6. The van der Waals surface area contributed by atoms with Crippen LogP contribution in [0, 0.1) is 0 Å². The first-order chi connectivity index (χ1) is 12.5. The number of hydrogen-bond acceptors (Lipinski definition) is 4. The highest BCUT2D eigenvalue weighted by atomic mass is 127. The molecule has 1 aromatic carbocycles. The zero-order chi connectivity index (χ0) is 18.4. The van der Waals surface area contributed by atoms with Gasteiger partial charge in [-0.15, -0.1) is 24.0 Å². The quantitative estimate of drug-likeness (QED) is 0.360. The zero-order valence-electron chi connectivity index (χ0n) is 15.3. The summed E-state index contributed by atoms with van der Waals surface area (Å²) >= 11 is 0. The Bertz CT molecular complexity index is 823. The van der Waals surface area contributed by atoms with Crippen LogP contribution in [0.5, 0.6) is 0 Å². The second kappa shape index (κ2) is 10.1. The Hall–Kier alpha value is -1.55. The third kappa shape index (κ3) is 6.84. The van der Waals surface area contributed by atoms with Crippen LogP contribution < -0.4 is 10.6 Å². The number of aliphatic imine (C=N–C) groups is 1. The van der Waals surface area contributed by atoms with Crippen molar-refractivity contribution < 1.29 is 12.8 Å². The Morgan fingerprint density at radius 2 is 2.04 bits per heavy atom. The Morgan fingerprint density at radius 1 is 1.26 bits per heavy atom. The molecule has 3 rings (SSSR count). The number of sulfone groups is 1. The average molecular weight is 503 g/mol. The molecule has 148 valence electrons. The molecule has 0 saturated carbocycles. The number of nitrogens with one attached hydrogen (secondary N) is 2. The number of guanidine groups is 1. The highest BCUT2D eigenvalue weighted by Gasteiger charge is 2.28. The molecular weight excluding hydrogens is 477 g/mol. The van der Waals surface area contributed by atoms with E-state index in [0.29, 0.717) is 25.3 Å². The van der Waals surface area contributed by atoms with E-state index in [2.05, 4.69) is 34.7 Å². The van der Waals surface area contributed by atoms with E-state index < -0.39 is 9.84 Å². The van der Waals surface area contributed by atoms with Crippen molar-refractivity contribution >= 4 is 39.8 Å². The van der Waals surface area contributed by atoms with E-state index in [1.165, 1.54) is 0 Å². The fourth-order valence-corrected chi connectivity index (χ4v) is 4.67. The van der Waals surface area contributed by atoms with E-state index in [0.717, 1.165) is 11.3 Å². The topological polar surface area (TPSA) is 83.7 Å². The van der Waals surface area contributed by atoms with Crippen molar-refractivity contribution in [2.45, 2.75) is 31.8 Å². The van der Waals surface area contributed by atoms with Gasteiger partial charge in [0.1, 0.15) is 5.76 Å². The third-order valence-corrected chi connectivity index (χ3v) is 6.20. The van der Waals surface area contributed by atoms with Crippen LogP contribution in [0.2, 0.25) is 0 Å². The molecule has 27 heavy (non-hydrogen) atoms. The van der Waals surface area contributed by atoms with Gasteiger partial charge in [0, 0.05) is 19.0 Å². The van der Waals surface area contributed by atoms with Crippen LogP contribution in [-0.2, 0) is 16.3 Å². The summed E-state index contributed by atoms with van der Waals surface area (Å²) in [5.41, 5.74) is 1.15. The van der Waals surface area contributed by atoms with Crippen molar-refractivity contribution in [3.63, 3.8) is 0 Å². The lowest BCUT2D eigenvalue weighted by Gasteiger charge is -2.21. The Balaban J connectivity index is 0.00000261. The molecular formula is C19H26IN3O3S. The van der Waals surface area contributed by atoms with Crippen LogP contribution in [0.3, 0.4) is 0 Å². The average Bonchev–Trinajstić information content (AvgIpc) is 3.25. The van der Waals surface area contributed by atoms with Crippen LogP contribution in [0.1, 0.15) is 30.7 Å². The number of hydrogen-bond donors (Lipinski definition) is 2. The van der Waals surface area contributed by atoms with Gasteiger partial charge in [0.2, 0.25) is 0 Å². The van der Waals surface area contributed by atoms with Gasteiger partial charge in [-0.05, 0) is 31.0 Å². The summed E-state index contributed by atoms with van der Waals surface area (Å²) in [4.78, 5) is 4.61. The number of halogens is 1. The summed E-state index contributed by atoms with van der Waals surface area (Å²) in [6.45, 7) is 2.62. The lowest BCUT2D eigenvalue weighted by molar-refractivity contribution is 0.510. The molecule has 2 aromatic rings. The highest BCUT2D eigenvalue weighted by molar-refractivity contribution is 14.0. The summed E-state index contributed by atoms with van der Waals surface area (Å²) in [7, 11) is -2.94. The monoisotopic (exact) mass is 503 g/mol. The van der Waals surface area contributed by atoms with Crippen molar-refractivity contribution in [2.75, 3.05) is 18.1 Å². The van der Waals surface area contributed by atoms with E-state index in [1.54, 1.807) is 6.26 Å². The van der Waals surface area contributed by atoms with Crippen LogP contribution in [0.15, 0.2) is 58.1 Å². The zero-order valence-corrected chi connectivity index (χ0v) is 18.4. The fraction of sp³-hybridized carbons (Fsp3) is 0.421. The van der Waals surface area contributed by atoms with Crippen LogP contribution in [-0.4, -0.2) is 38.5 Å². The maximum atomic E-state index is 11.7. The Kier molecular flexibility index (Phi) is 8.15. The first kappa shape index (κ1) is 21.7. The Morgan fingerprint density at radius 3 is 2.67 bits per heavy atom. The molecule has 2 atom stereocenters. The van der Waals surface area contributed by atoms with Gasteiger partial charge in [-0.2, -0.15) is 0 Å². The first-order valence-corrected chi connectivity index (χ1v) is 10.7. The summed E-state index contributed by atoms with van der Waals surface area (Å²) in [5, 5.41) is 6.66. The maximum Gasteiger partial charge on any atom is 0.191 e. The van der Waals surface area contributed by atoms with Crippen LogP contribution in [0.25, 0.3) is 0 Å². The molecule has 0 bridgehead atoms. The molecule has 1 fully saturated rings. The molecule has 0 radical (unpaired) electrons. The van der Waals surface area contributed by atoms with E-state index in [4.69, 9.17) is 4.42 Å². The molecule has 1 aliphatic rings. The van der Waals surface area contributed by atoms with Crippen LogP contribution in [0.4, 0.5) is 0 Å². The predicted octanol–water partition coefficient (Wildman–Crippen LogP) is 2.92. The normalized spacial score (nSPS) is 19.9. The summed E-state index contributed by atoms with van der Waals surface area (Å²) < 4.78 is 28.8. The van der Waals surface area contributed by atoms with E-state index >= 15 is 0 Å². The molecule has 6 nitrogen and oxygen atoms in total. The molecule has 0 aliphatic carbocycles. The van der Waals surface area contributed by atoms with Crippen molar-refractivity contribution in [1.29, 1.82) is 0 Å². The first-order valence-electron chi connectivity index (χ1n) is 8.87. The summed E-state index contributed by atoms with van der Waals surface area (Å²) in [6, 6.07) is 13.8. The number of furan rings is 1. The molecule has 2 unspecified atom stereocenters. The van der Waals surface area contributed by atoms with Gasteiger partial charge in [0.05, 0.1) is 23.8 Å². The van der Waals surface area contributed by atoms with Crippen molar-refractivity contribution in [3.8, 4) is 0 Å². The third-order valence-electron chi connectivity index (χ3n) is 4.43. The highest BCUT2D eigenvalue weighted by Crippen LogP contribution is 2.13. The standard InChI is InChI=1S/C19H25N3O3S.HI/c1-15(16-6-3-2-4-7-16)21-19(20-11-9-18-8-5-12-25-18)22-17-10-13-26(23,24)14-17;/h2-8,12,15,17H,9-11,13-14H2,1H3,(H2,20,21,22);1H. The summed E-state index contributed by atoms with van der Waals surface area (Å²) in [5.74, 6) is 1.91. The second-order valence-electron chi connectivity index (χ2n) is 6.58. The van der Waals surface area contributed by atoms with Crippen molar-refractivity contribution in [3.05, 3.63) is 60.1 Å². The smallest absolute Gasteiger partial charge is 0.191 e. The van der Waals surface area contributed by atoms with Gasteiger partial charge >= 0.3 is 0 Å². The van der Waals surface area contributed by atoms with Gasteiger partial charge in [0.15, 0.2) is 15.8 Å². The predicted molar refractivity (Wildman–Crippen MR) is 118 cm³/mol. The number of benzene rings is 1. The second-order valence-corrected chi connectivity index (χ2v) is 8.81. The van der Waals surface area contributed by atoms with E-state index in [9.17, 15) is 8.42 Å². The fourth-order valence-electron chi connectivity index (χ4n) is 3.00. The molecule has 2 heterocycles.